The normalized spacial score (nSPS) is 12.9. The van der Waals surface area contributed by atoms with E-state index in [2.05, 4.69) is 0 Å². The van der Waals surface area contributed by atoms with Gasteiger partial charge in [-0.3, -0.25) is 4.79 Å². The van der Waals surface area contributed by atoms with Crippen LogP contribution in [0.5, 0.6) is 5.75 Å². The lowest BCUT2D eigenvalue weighted by molar-refractivity contribution is -0.149. The van der Waals surface area contributed by atoms with Crippen LogP contribution >= 0.6 is 0 Å². The fourth-order valence-electron chi connectivity index (χ4n) is 3.33. The molecule has 0 N–H and O–H groups in total. The highest BCUT2D eigenvalue weighted by Crippen LogP contribution is 2.30. The molecule has 0 fully saturated rings. The maximum absolute atomic E-state index is 14.6. The van der Waals surface area contributed by atoms with E-state index in [9.17, 15) is 14.0 Å². The number of hydrogen-bond donors (Lipinski definition) is 0. The fraction of sp³-hybridized carbons (Fsp3) is 0.250. The van der Waals surface area contributed by atoms with Crippen molar-refractivity contribution in [3.63, 3.8) is 0 Å². The van der Waals surface area contributed by atoms with Gasteiger partial charge >= 0.3 is 5.97 Å². The number of Topliss-reactive ketones (excluding diaryl/α,β-unsaturated/α-hetero) is 1. The summed E-state index contributed by atoms with van der Waals surface area (Å²) >= 11 is 0. The monoisotopic (exact) mass is 394 g/mol. The highest BCUT2D eigenvalue weighted by Gasteiger charge is 2.30. The molecule has 3 aromatic rings. The smallest absolute Gasteiger partial charge is 0.340 e. The van der Waals surface area contributed by atoms with E-state index in [4.69, 9.17) is 9.47 Å². The first-order valence-electron chi connectivity index (χ1n) is 9.51. The minimum absolute atomic E-state index is 0.0850. The first kappa shape index (κ1) is 20.5. The first-order chi connectivity index (χ1) is 14.0. The molecule has 0 saturated carbocycles. The van der Waals surface area contributed by atoms with Gasteiger partial charge in [-0.1, -0.05) is 48.5 Å². The van der Waals surface area contributed by atoms with Gasteiger partial charge in [0.2, 0.25) is 0 Å². The molecule has 2 atom stereocenters. The van der Waals surface area contributed by atoms with Gasteiger partial charge in [-0.2, -0.15) is 0 Å². The maximum Gasteiger partial charge on any atom is 0.340 e. The minimum Gasteiger partial charge on any atom is -0.497 e. The van der Waals surface area contributed by atoms with Crippen molar-refractivity contribution in [3.05, 3.63) is 77.9 Å². The molecule has 0 heterocycles. The predicted molar refractivity (Wildman–Crippen MR) is 110 cm³/mol. The topological polar surface area (TPSA) is 52.6 Å². The Bertz CT molecular complexity index is 1010. The molecule has 0 spiro atoms. The lowest BCUT2D eigenvalue weighted by Gasteiger charge is -2.19. The summed E-state index contributed by atoms with van der Waals surface area (Å²) in [6.07, 6.45) is -2.19. The molecule has 0 saturated heterocycles. The number of esters is 1. The number of carbonyl (C=O) groups is 2. The maximum atomic E-state index is 14.6. The van der Waals surface area contributed by atoms with Crippen molar-refractivity contribution in [3.8, 4) is 5.75 Å². The number of ketones is 1. The summed E-state index contributed by atoms with van der Waals surface area (Å²) in [7, 11) is 1.52. The molecule has 0 radical (unpaired) electrons. The SMILES string of the molecule is CCOC(=O)C(F)CC(C(=O)c1ccc2ccccc2c1)c1cccc(OC)c1. The number of rotatable bonds is 8. The molecule has 0 aliphatic carbocycles. The van der Waals surface area contributed by atoms with Crippen LogP contribution in [0.1, 0.15) is 35.2 Å². The zero-order valence-electron chi connectivity index (χ0n) is 16.4. The number of fused-ring (bicyclic) bond motifs is 1. The van der Waals surface area contributed by atoms with E-state index < -0.39 is 18.1 Å². The Morgan fingerprint density at radius 1 is 0.966 bits per heavy atom. The van der Waals surface area contributed by atoms with Gasteiger partial charge in [-0.15, -0.1) is 0 Å². The van der Waals surface area contributed by atoms with Crippen molar-refractivity contribution in [2.45, 2.75) is 25.4 Å². The number of carbonyl (C=O) groups excluding carboxylic acids is 2. The molecule has 0 aromatic heterocycles. The van der Waals surface area contributed by atoms with Gasteiger partial charge in [0.15, 0.2) is 12.0 Å². The van der Waals surface area contributed by atoms with Crippen LogP contribution in [0.2, 0.25) is 0 Å². The lowest BCUT2D eigenvalue weighted by atomic mass is 9.86. The van der Waals surface area contributed by atoms with Gasteiger partial charge in [0.1, 0.15) is 5.75 Å². The summed E-state index contributed by atoms with van der Waals surface area (Å²) in [6, 6.07) is 20.0. The summed E-state index contributed by atoms with van der Waals surface area (Å²) in [4.78, 5) is 25.2. The van der Waals surface area contributed by atoms with Crippen molar-refractivity contribution in [2.24, 2.45) is 0 Å². The third-order valence-electron chi connectivity index (χ3n) is 4.83. The molecule has 2 unspecified atom stereocenters. The third kappa shape index (κ3) is 4.80. The summed E-state index contributed by atoms with van der Waals surface area (Å²) in [6.45, 7) is 1.70. The molecule has 0 bridgehead atoms. The van der Waals surface area contributed by atoms with Gasteiger partial charge < -0.3 is 9.47 Å². The van der Waals surface area contributed by atoms with Crippen LogP contribution in [-0.2, 0) is 9.53 Å². The zero-order valence-corrected chi connectivity index (χ0v) is 16.4. The van der Waals surface area contributed by atoms with Crippen LogP contribution in [0, 0.1) is 0 Å². The molecule has 0 aliphatic heterocycles. The zero-order chi connectivity index (χ0) is 20.8. The van der Waals surface area contributed by atoms with Crippen LogP contribution in [0.4, 0.5) is 4.39 Å². The van der Waals surface area contributed by atoms with Crippen LogP contribution in [0.25, 0.3) is 10.8 Å². The fourth-order valence-corrected chi connectivity index (χ4v) is 3.33. The Balaban J connectivity index is 1.97. The molecular weight excluding hydrogens is 371 g/mol. The second-order valence-electron chi connectivity index (χ2n) is 6.71. The van der Waals surface area contributed by atoms with E-state index >= 15 is 0 Å². The molecule has 4 nitrogen and oxygen atoms in total. The molecule has 150 valence electrons. The van der Waals surface area contributed by atoms with Gasteiger partial charge in [0.25, 0.3) is 0 Å². The van der Waals surface area contributed by atoms with Crippen molar-refractivity contribution >= 4 is 22.5 Å². The van der Waals surface area contributed by atoms with E-state index in [1.54, 1.807) is 43.3 Å². The highest BCUT2D eigenvalue weighted by atomic mass is 19.1. The molecule has 5 heteroatoms. The van der Waals surface area contributed by atoms with Crippen molar-refractivity contribution in [2.75, 3.05) is 13.7 Å². The summed E-state index contributed by atoms with van der Waals surface area (Å²) < 4.78 is 24.6. The van der Waals surface area contributed by atoms with E-state index in [-0.39, 0.29) is 18.8 Å². The Labute approximate surface area is 169 Å². The van der Waals surface area contributed by atoms with Crippen molar-refractivity contribution in [1.82, 2.24) is 0 Å². The molecule has 0 aliphatic rings. The van der Waals surface area contributed by atoms with Gasteiger partial charge in [0, 0.05) is 12.0 Å². The number of methoxy groups -OCH3 is 1. The number of hydrogen-bond acceptors (Lipinski definition) is 4. The first-order valence-corrected chi connectivity index (χ1v) is 9.51. The van der Waals surface area contributed by atoms with E-state index in [1.807, 2.05) is 30.3 Å². The van der Waals surface area contributed by atoms with Crippen LogP contribution in [0.15, 0.2) is 66.7 Å². The third-order valence-corrected chi connectivity index (χ3v) is 4.83. The molecule has 3 aromatic carbocycles. The summed E-state index contributed by atoms with van der Waals surface area (Å²) in [5.41, 5.74) is 1.06. The number of ether oxygens (including phenoxy) is 2. The minimum atomic E-state index is -1.89. The number of halogens is 1. The van der Waals surface area contributed by atoms with E-state index in [0.717, 1.165) is 10.8 Å². The predicted octanol–water partition coefficient (Wildman–Crippen LogP) is 5.11. The average Bonchev–Trinajstić information content (AvgIpc) is 2.76. The molecular formula is C24H23FO4. The van der Waals surface area contributed by atoms with Gasteiger partial charge in [-0.05, 0) is 41.5 Å². The van der Waals surface area contributed by atoms with Gasteiger partial charge in [0.05, 0.1) is 19.6 Å². The van der Waals surface area contributed by atoms with Crippen LogP contribution in [0.3, 0.4) is 0 Å². The van der Waals surface area contributed by atoms with Gasteiger partial charge in [-0.25, -0.2) is 9.18 Å². The standard InChI is InChI=1S/C24H23FO4/c1-3-29-24(27)22(25)15-21(18-9-6-10-20(14-18)28-2)23(26)19-12-11-16-7-4-5-8-17(16)13-19/h4-14,21-22H,3,15H2,1-2H3. The largest absolute Gasteiger partial charge is 0.497 e. The summed E-state index contributed by atoms with van der Waals surface area (Å²) in [5.74, 6) is -1.49. The molecule has 0 amide bonds. The second-order valence-corrected chi connectivity index (χ2v) is 6.71. The highest BCUT2D eigenvalue weighted by molar-refractivity contribution is 6.04. The Kier molecular flexibility index (Phi) is 6.60. The number of benzene rings is 3. The Morgan fingerprint density at radius 2 is 1.72 bits per heavy atom. The van der Waals surface area contributed by atoms with Crippen LogP contribution in [-0.4, -0.2) is 31.6 Å². The lowest BCUT2D eigenvalue weighted by Crippen LogP contribution is -2.25. The Morgan fingerprint density at radius 3 is 2.45 bits per heavy atom. The summed E-state index contributed by atoms with van der Waals surface area (Å²) in [5, 5.41) is 1.93. The van der Waals surface area contributed by atoms with Crippen LogP contribution < -0.4 is 4.74 Å². The second kappa shape index (κ2) is 9.32. The van der Waals surface area contributed by atoms with E-state index in [0.29, 0.717) is 16.9 Å². The van der Waals surface area contributed by atoms with E-state index in [1.165, 1.54) is 7.11 Å². The molecule has 29 heavy (non-hydrogen) atoms. The average molecular weight is 394 g/mol. The Hall–Kier alpha value is -3.21. The number of alkyl halides is 1. The van der Waals surface area contributed by atoms with Crippen molar-refractivity contribution in [1.29, 1.82) is 0 Å². The van der Waals surface area contributed by atoms with Crippen molar-refractivity contribution < 1.29 is 23.5 Å². The quantitative estimate of drug-likeness (QED) is 0.394. The molecule has 3 rings (SSSR count).